The number of amides is 2. The molecule has 0 aliphatic carbocycles. The number of fused-ring (bicyclic) bond motifs is 1. The summed E-state index contributed by atoms with van der Waals surface area (Å²) < 4.78 is 6.15. The van der Waals surface area contributed by atoms with Crippen molar-refractivity contribution in [1.29, 1.82) is 0 Å². The summed E-state index contributed by atoms with van der Waals surface area (Å²) in [6, 6.07) is 14.2. The maximum Gasteiger partial charge on any atom is 0.254 e. The van der Waals surface area contributed by atoms with Crippen molar-refractivity contribution >= 4 is 46.4 Å². The molecule has 3 aromatic rings. The lowest BCUT2D eigenvalue weighted by Gasteiger charge is -2.40. The van der Waals surface area contributed by atoms with Crippen molar-refractivity contribution < 1.29 is 14.3 Å². The van der Waals surface area contributed by atoms with E-state index in [0.29, 0.717) is 34.5 Å². The van der Waals surface area contributed by atoms with Crippen molar-refractivity contribution in [3.05, 3.63) is 85.5 Å². The number of benzene rings is 2. The lowest BCUT2D eigenvalue weighted by Crippen LogP contribution is -2.53. The fourth-order valence-corrected chi connectivity index (χ4v) is 5.61. The highest BCUT2D eigenvalue weighted by molar-refractivity contribution is 7.10. The summed E-state index contributed by atoms with van der Waals surface area (Å²) in [5.74, 6) is 0.369. The summed E-state index contributed by atoms with van der Waals surface area (Å²) in [6.07, 6.45) is 0.785. The Bertz CT molecular complexity index is 1270. The molecule has 2 amide bonds. The van der Waals surface area contributed by atoms with Gasteiger partial charge in [0.2, 0.25) is 5.91 Å². The quantitative estimate of drug-likeness (QED) is 0.342. The predicted octanol–water partition coefficient (Wildman–Crippen LogP) is 6.81. The lowest BCUT2D eigenvalue weighted by molar-refractivity contribution is -0.136. The fourth-order valence-electron chi connectivity index (χ4n) is 4.37. The maximum absolute atomic E-state index is 13.7. The summed E-state index contributed by atoms with van der Waals surface area (Å²) >= 11 is 14.0. The van der Waals surface area contributed by atoms with E-state index in [1.54, 1.807) is 40.5 Å². The zero-order valence-corrected chi connectivity index (χ0v) is 23.2. The van der Waals surface area contributed by atoms with Crippen LogP contribution in [0.5, 0.6) is 5.75 Å². The predicted molar refractivity (Wildman–Crippen MR) is 146 cm³/mol. The molecule has 1 aromatic heterocycles. The molecule has 1 aliphatic heterocycles. The number of nitrogens with zero attached hydrogens (tertiary/aromatic N) is 2. The fraction of sp³-hybridized carbons (Fsp3) is 0.357. The highest BCUT2D eigenvalue weighted by Crippen LogP contribution is 2.34. The van der Waals surface area contributed by atoms with Gasteiger partial charge in [-0.25, -0.2) is 0 Å². The van der Waals surface area contributed by atoms with Gasteiger partial charge in [0, 0.05) is 32.6 Å². The van der Waals surface area contributed by atoms with E-state index in [4.69, 9.17) is 27.9 Å². The van der Waals surface area contributed by atoms with Crippen LogP contribution >= 0.6 is 34.5 Å². The van der Waals surface area contributed by atoms with Gasteiger partial charge in [-0.3, -0.25) is 9.59 Å². The van der Waals surface area contributed by atoms with Gasteiger partial charge in [0.15, 0.2) is 0 Å². The van der Waals surface area contributed by atoms with E-state index in [9.17, 15) is 9.59 Å². The van der Waals surface area contributed by atoms with E-state index in [0.717, 1.165) is 17.5 Å². The van der Waals surface area contributed by atoms with Gasteiger partial charge in [0.25, 0.3) is 5.91 Å². The molecule has 1 aliphatic rings. The number of carbonyl (C=O) groups excluding carboxylic acids is 2. The molecule has 36 heavy (non-hydrogen) atoms. The van der Waals surface area contributed by atoms with Crippen LogP contribution in [-0.2, 0) is 11.2 Å². The third-order valence-electron chi connectivity index (χ3n) is 6.37. The molecule has 0 fully saturated rings. The van der Waals surface area contributed by atoms with Crippen LogP contribution in [0.1, 0.15) is 53.2 Å². The van der Waals surface area contributed by atoms with Gasteiger partial charge in [-0.05, 0) is 93.1 Å². The Kier molecular flexibility index (Phi) is 7.98. The minimum Gasteiger partial charge on any atom is -0.491 e. The topological polar surface area (TPSA) is 49.9 Å². The second-order valence-corrected chi connectivity index (χ2v) is 11.8. The molecule has 0 radical (unpaired) electrons. The molecule has 0 bridgehead atoms. The highest BCUT2D eigenvalue weighted by Gasteiger charge is 2.36. The van der Waals surface area contributed by atoms with Gasteiger partial charge in [-0.2, -0.15) is 0 Å². The SMILES string of the molecule is Cc1cc(OCC2c3ccsc3CCN2C(=O)CN(C(=O)c2cccc(Cl)c2)C(C)(C)C)ccc1Cl. The summed E-state index contributed by atoms with van der Waals surface area (Å²) in [4.78, 5) is 31.9. The van der Waals surface area contributed by atoms with Crippen LogP contribution in [0.2, 0.25) is 10.0 Å². The first-order valence-corrected chi connectivity index (χ1v) is 13.5. The van der Waals surface area contributed by atoms with E-state index in [1.807, 2.05) is 50.8 Å². The van der Waals surface area contributed by atoms with Gasteiger partial charge in [0.05, 0.1) is 6.04 Å². The molecule has 190 valence electrons. The van der Waals surface area contributed by atoms with Crippen molar-refractivity contribution in [2.75, 3.05) is 19.7 Å². The van der Waals surface area contributed by atoms with Gasteiger partial charge in [0.1, 0.15) is 18.9 Å². The number of thiophene rings is 1. The normalized spacial score (nSPS) is 15.4. The summed E-state index contributed by atoms with van der Waals surface area (Å²) in [5.41, 5.74) is 1.93. The van der Waals surface area contributed by atoms with E-state index >= 15 is 0 Å². The Morgan fingerprint density at radius 2 is 1.92 bits per heavy atom. The molecule has 0 spiro atoms. The Hall–Kier alpha value is -2.54. The van der Waals surface area contributed by atoms with E-state index < -0.39 is 5.54 Å². The Morgan fingerprint density at radius 3 is 2.61 bits per heavy atom. The van der Waals surface area contributed by atoms with Gasteiger partial charge in [-0.1, -0.05) is 29.3 Å². The first-order valence-electron chi connectivity index (χ1n) is 11.9. The average molecular weight is 546 g/mol. The average Bonchev–Trinajstić information content (AvgIpc) is 3.31. The second-order valence-electron chi connectivity index (χ2n) is 9.95. The van der Waals surface area contributed by atoms with Crippen LogP contribution in [0, 0.1) is 6.92 Å². The Balaban J connectivity index is 1.57. The number of aryl methyl sites for hydroxylation is 1. The zero-order chi connectivity index (χ0) is 26.0. The third kappa shape index (κ3) is 5.88. The van der Waals surface area contributed by atoms with Gasteiger partial charge >= 0.3 is 0 Å². The molecule has 4 rings (SSSR count). The van der Waals surface area contributed by atoms with Crippen LogP contribution in [-0.4, -0.2) is 46.8 Å². The number of ether oxygens (including phenoxy) is 1. The molecular weight excluding hydrogens is 515 g/mol. The van der Waals surface area contributed by atoms with Crippen molar-refractivity contribution in [3.63, 3.8) is 0 Å². The molecule has 0 saturated carbocycles. The van der Waals surface area contributed by atoms with Crippen molar-refractivity contribution in [2.45, 2.75) is 45.7 Å². The van der Waals surface area contributed by atoms with E-state index in [2.05, 4.69) is 11.4 Å². The number of hydrogen-bond donors (Lipinski definition) is 0. The number of rotatable bonds is 6. The van der Waals surface area contributed by atoms with E-state index in [1.165, 1.54) is 4.88 Å². The Labute approximate surface area is 226 Å². The molecular formula is C28H30Cl2N2O3S. The zero-order valence-electron chi connectivity index (χ0n) is 20.9. The third-order valence-corrected chi connectivity index (χ3v) is 8.03. The molecule has 1 atom stereocenters. The molecule has 0 N–H and O–H groups in total. The number of carbonyl (C=O) groups is 2. The van der Waals surface area contributed by atoms with Crippen LogP contribution in [0.3, 0.4) is 0 Å². The molecule has 1 unspecified atom stereocenters. The minimum atomic E-state index is -0.564. The van der Waals surface area contributed by atoms with Crippen LogP contribution < -0.4 is 4.74 Å². The van der Waals surface area contributed by atoms with Crippen LogP contribution in [0.15, 0.2) is 53.9 Å². The van der Waals surface area contributed by atoms with Crippen molar-refractivity contribution in [2.24, 2.45) is 0 Å². The molecule has 8 heteroatoms. The van der Waals surface area contributed by atoms with Crippen molar-refractivity contribution in [3.8, 4) is 5.75 Å². The summed E-state index contributed by atoms with van der Waals surface area (Å²) in [6.45, 7) is 8.57. The van der Waals surface area contributed by atoms with Crippen molar-refractivity contribution in [1.82, 2.24) is 9.80 Å². The maximum atomic E-state index is 13.7. The smallest absolute Gasteiger partial charge is 0.254 e. The van der Waals surface area contributed by atoms with Gasteiger partial charge < -0.3 is 14.5 Å². The molecule has 0 saturated heterocycles. The number of halogens is 2. The van der Waals surface area contributed by atoms with Crippen LogP contribution in [0.25, 0.3) is 0 Å². The van der Waals surface area contributed by atoms with E-state index in [-0.39, 0.29) is 24.4 Å². The minimum absolute atomic E-state index is 0.0368. The lowest BCUT2D eigenvalue weighted by atomic mass is 9.99. The first-order chi connectivity index (χ1) is 17.0. The Morgan fingerprint density at radius 1 is 1.14 bits per heavy atom. The molecule has 2 heterocycles. The standard InChI is InChI=1S/C28H30Cl2N2O3S/c1-18-14-21(8-9-23(18)30)35-17-24-22-11-13-36-25(22)10-12-31(24)26(33)16-32(28(2,3)4)27(34)19-6-5-7-20(29)15-19/h5-9,11,13-15,24H,10,12,16-17H2,1-4H3. The van der Waals surface area contributed by atoms with Gasteiger partial charge in [-0.15, -0.1) is 11.3 Å². The van der Waals surface area contributed by atoms with Crippen LogP contribution in [0.4, 0.5) is 0 Å². The molecule has 2 aromatic carbocycles. The monoisotopic (exact) mass is 544 g/mol. The molecule has 5 nitrogen and oxygen atoms in total. The second kappa shape index (κ2) is 10.8. The summed E-state index contributed by atoms with van der Waals surface area (Å²) in [5, 5.41) is 3.22. The number of hydrogen-bond acceptors (Lipinski definition) is 4. The summed E-state index contributed by atoms with van der Waals surface area (Å²) in [7, 11) is 0. The first kappa shape index (κ1) is 26.5. The largest absolute Gasteiger partial charge is 0.491 e. The highest BCUT2D eigenvalue weighted by atomic mass is 35.5.